The molecule has 0 unspecified atom stereocenters. The number of nitrogens with one attached hydrogen (secondary N) is 2. The van der Waals surface area contributed by atoms with Crippen molar-refractivity contribution >= 4 is 23.4 Å². The van der Waals surface area contributed by atoms with Crippen molar-refractivity contribution in [3.8, 4) is 11.5 Å². The third-order valence-electron chi connectivity index (χ3n) is 6.91. The Bertz CT molecular complexity index is 1180. The summed E-state index contributed by atoms with van der Waals surface area (Å²) in [6, 6.07) is 1.27. The summed E-state index contributed by atoms with van der Waals surface area (Å²) in [5.41, 5.74) is 6.71. The molecule has 1 aromatic carbocycles. The number of rotatable bonds is 18. The van der Waals surface area contributed by atoms with Crippen LogP contribution in [0.4, 0.5) is 16.2 Å². The molecule has 240 valence electrons. The first-order chi connectivity index (χ1) is 20.2. The van der Waals surface area contributed by atoms with Crippen LogP contribution in [-0.2, 0) is 25.4 Å². The molecule has 0 aliphatic heterocycles. The molecular weight excluding hydrogens is 554 g/mol. The van der Waals surface area contributed by atoms with Crippen molar-refractivity contribution in [2.24, 2.45) is 17.6 Å². The number of amides is 2. The second kappa shape index (κ2) is 18.0. The van der Waals surface area contributed by atoms with E-state index >= 15 is 0 Å². The normalized spacial score (nSPS) is 15.4. The molecule has 2 amide bonds. The van der Waals surface area contributed by atoms with Gasteiger partial charge < -0.3 is 45.9 Å². The standard InChI is InChI=1S/C32H49N3O8/c1-10-14-34-27-22(15-20(6)16-26(42-9)28(37)18(2)3)29(38)23(17-24(27)36)35-31(39)21(7)12-11-13-25(41-8)30(19(4)5)43-32(33)40/h10-13,17-18,20,25-26,28,30,34,36-38H,1,4,14-16H2,2-3,5-9H3,(H2,33,40)(H,35,39)/b13-11-,21-12+/t20-,25+,26+,28-,30+/m1/s1. The number of nitrogens with two attached hydrogens (primary N) is 1. The highest BCUT2D eigenvalue weighted by Gasteiger charge is 2.27. The molecule has 11 nitrogen and oxygen atoms in total. The fraction of sp³-hybridized carbons (Fsp3) is 0.500. The molecule has 1 aromatic rings. The highest BCUT2D eigenvalue weighted by Crippen LogP contribution is 2.42. The fourth-order valence-electron chi connectivity index (χ4n) is 4.49. The van der Waals surface area contributed by atoms with E-state index in [1.54, 1.807) is 39.2 Å². The van der Waals surface area contributed by atoms with Gasteiger partial charge in [0.25, 0.3) is 5.91 Å². The molecule has 5 atom stereocenters. The lowest BCUT2D eigenvalue weighted by atomic mass is 9.89. The van der Waals surface area contributed by atoms with Crippen molar-refractivity contribution in [1.82, 2.24) is 0 Å². The number of primary amides is 1. The van der Waals surface area contributed by atoms with Crippen molar-refractivity contribution in [3.63, 3.8) is 0 Å². The maximum atomic E-state index is 13.0. The topological polar surface area (TPSA) is 173 Å². The second-order valence-electron chi connectivity index (χ2n) is 11.0. The van der Waals surface area contributed by atoms with E-state index in [1.165, 1.54) is 19.3 Å². The summed E-state index contributed by atoms with van der Waals surface area (Å²) in [7, 11) is 2.98. The van der Waals surface area contributed by atoms with E-state index in [4.69, 9.17) is 19.9 Å². The Morgan fingerprint density at radius 3 is 2.30 bits per heavy atom. The van der Waals surface area contributed by atoms with Gasteiger partial charge in [-0.05, 0) is 44.1 Å². The van der Waals surface area contributed by atoms with Crippen molar-refractivity contribution < 1.29 is 39.1 Å². The largest absolute Gasteiger partial charge is 0.506 e. The van der Waals surface area contributed by atoms with Gasteiger partial charge in [0, 0.05) is 38.0 Å². The van der Waals surface area contributed by atoms with Crippen LogP contribution in [0.15, 0.2) is 54.7 Å². The van der Waals surface area contributed by atoms with Gasteiger partial charge in [-0.15, -0.1) is 6.58 Å². The number of methoxy groups -OCH3 is 2. The van der Waals surface area contributed by atoms with Gasteiger partial charge in [0.05, 0.1) is 23.6 Å². The summed E-state index contributed by atoms with van der Waals surface area (Å²) in [4.78, 5) is 24.3. The van der Waals surface area contributed by atoms with Crippen LogP contribution in [0.3, 0.4) is 0 Å². The van der Waals surface area contributed by atoms with Gasteiger partial charge in [0.1, 0.15) is 17.6 Å². The van der Waals surface area contributed by atoms with Crippen molar-refractivity contribution in [3.05, 3.63) is 60.2 Å². The zero-order valence-electron chi connectivity index (χ0n) is 26.3. The lowest BCUT2D eigenvalue weighted by Gasteiger charge is -2.28. The van der Waals surface area contributed by atoms with Crippen LogP contribution in [0.2, 0.25) is 0 Å². The zero-order chi connectivity index (χ0) is 32.9. The second-order valence-corrected chi connectivity index (χ2v) is 11.0. The van der Waals surface area contributed by atoms with Crippen LogP contribution in [0.5, 0.6) is 11.5 Å². The van der Waals surface area contributed by atoms with Gasteiger partial charge in [-0.2, -0.15) is 0 Å². The number of hydrogen-bond donors (Lipinski definition) is 6. The summed E-state index contributed by atoms with van der Waals surface area (Å²) in [5.74, 6) is -0.948. The Morgan fingerprint density at radius 2 is 1.79 bits per heavy atom. The summed E-state index contributed by atoms with van der Waals surface area (Å²) in [6.07, 6.45) is 3.55. The van der Waals surface area contributed by atoms with Crippen LogP contribution in [-0.4, -0.2) is 72.5 Å². The third-order valence-corrected chi connectivity index (χ3v) is 6.91. The number of aliphatic hydroxyl groups excluding tert-OH is 1. The number of phenolic OH excluding ortho intramolecular Hbond substituents is 2. The number of benzene rings is 1. The van der Waals surface area contributed by atoms with Gasteiger partial charge in [0.15, 0.2) is 6.10 Å². The third kappa shape index (κ3) is 11.4. The molecule has 0 aliphatic carbocycles. The molecule has 0 aromatic heterocycles. The molecule has 0 saturated carbocycles. The summed E-state index contributed by atoms with van der Waals surface area (Å²) in [5, 5.41) is 38.3. The number of carbonyl (C=O) groups is 2. The lowest BCUT2D eigenvalue weighted by Crippen LogP contribution is -2.34. The van der Waals surface area contributed by atoms with Crippen molar-refractivity contribution in [2.45, 2.75) is 71.9 Å². The zero-order valence-corrected chi connectivity index (χ0v) is 26.3. The number of anilines is 2. The van der Waals surface area contributed by atoms with E-state index in [0.29, 0.717) is 36.2 Å². The molecule has 0 radical (unpaired) electrons. The van der Waals surface area contributed by atoms with Gasteiger partial charge in [-0.1, -0.05) is 51.7 Å². The number of carbonyl (C=O) groups excluding carboxylic acids is 2. The van der Waals surface area contributed by atoms with Crippen LogP contribution in [0.25, 0.3) is 0 Å². The van der Waals surface area contributed by atoms with Crippen LogP contribution in [0, 0.1) is 11.8 Å². The van der Waals surface area contributed by atoms with Crippen molar-refractivity contribution in [2.75, 3.05) is 31.4 Å². The molecule has 0 heterocycles. The minimum absolute atomic E-state index is 0.000450. The molecule has 11 heteroatoms. The SMILES string of the molecule is C=CCNc1c(O)cc(NC(=O)/C(C)=C/C=C\[C@H](OC)[C@@H](OC(N)=O)C(=C)C)c(O)c1C[C@@H](C)C[C@H](OC)[C@H](O)C(C)C. The molecule has 0 aliphatic rings. The fourth-order valence-corrected chi connectivity index (χ4v) is 4.49. The Morgan fingerprint density at radius 1 is 1.14 bits per heavy atom. The number of phenols is 2. The Balaban J connectivity index is 3.27. The molecule has 43 heavy (non-hydrogen) atoms. The molecule has 0 bridgehead atoms. The smallest absolute Gasteiger partial charge is 0.405 e. The minimum atomic E-state index is -0.969. The van der Waals surface area contributed by atoms with Crippen LogP contribution >= 0.6 is 0 Å². The van der Waals surface area contributed by atoms with E-state index in [1.807, 2.05) is 20.8 Å². The van der Waals surface area contributed by atoms with Crippen LogP contribution in [0.1, 0.15) is 46.6 Å². The minimum Gasteiger partial charge on any atom is -0.506 e. The van der Waals surface area contributed by atoms with Gasteiger partial charge in [0.2, 0.25) is 0 Å². The maximum Gasteiger partial charge on any atom is 0.405 e. The lowest BCUT2D eigenvalue weighted by molar-refractivity contribution is -0.112. The molecule has 0 saturated heterocycles. The van der Waals surface area contributed by atoms with Crippen LogP contribution < -0.4 is 16.4 Å². The summed E-state index contributed by atoms with van der Waals surface area (Å²) >= 11 is 0. The van der Waals surface area contributed by atoms with Gasteiger partial charge in [-0.25, -0.2) is 4.79 Å². The predicted octanol–water partition coefficient (Wildman–Crippen LogP) is 4.79. The molecule has 7 N–H and O–H groups in total. The number of hydrogen-bond acceptors (Lipinski definition) is 9. The average Bonchev–Trinajstić information content (AvgIpc) is 2.94. The Labute approximate surface area is 255 Å². The first kappa shape index (κ1) is 37.2. The highest BCUT2D eigenvalue weighted by atomic mass is 16.6. The monoisotopic (exact) mass is 603 g/mol. The van der Waals surface area contributed by atoms with Gasteiger partial charge >= 0.3 is 6.09 Å². The van der Waals surface area contributed by atoms with Crippen molar-refractivity contribution in [1.29, 1.82) is 0 Å². The van der Waals surface area contributed by atoms with E-state index in [0.717, 1.165) is 0 Å². The average molecular weight is 604 g/mol. The quantitative estimate of drug-likeness (QED) is 0.0453. The first-order valence-corrected chi connectivity index (χ1v) is 14.1. The van der Waals surface area contributed by atoms with E-state index < -0.39 is 36.4 Å². The van der Waals surface area contributed by atoms with E-state index in [2.05, 4.69) is 23.8 Å². The summed E-state index contributed by atoms with van der Waals surface area (Å²) in [6.45, 7) is 16.8. The highest BCUT2D eigenvalue weighted by molar-refractivity contribution is 6.04. The van der Waals surface area contributed by atoms with E-state index in [-0.39, 0.29) is 34.6 Å². The Hall–Kier alpha value is -3.80. The molecular formula is C32H49N3O8. The van der Waals surface area contributed by atoms with Gasteiger partial charge in [-0.3, -0.25) is 4.79 Å². The maximum absolute atomic E-state index is 13.0. The molecule has 1 rings (SSSR count). The number of allylic oxidation sites excluding steroid dienone is 2. The molecule has 0 spiro atoms. The number of aromatic hydroxyl groups is 2. The number of ether oxygens (including phenoxy) is 3. The number of aliphatic hydroxyl groups is 1. The first-order valence-electron chi connectivity index (χ1n) is 14.1. The predicted molar refractivity (Wildman–Crippen MR) is 169 cm³/mol. The van der Waals surface area contributed by atoms with E-state index in [9.17, 15) is 24.9 Å². The molecule has 0 fully saturated rings. The Kier molecular flexibility index (Phi) is 15.6. The summed E-state index contributed by atoms with van der Waals surface area (Å²) < 4.78 is 16.0.